The second kappa shape index (κ2) is 8.41. The first-order valence-corrected chi connectivity index (χ1v) is 10.1. The number of amides is 1. The molecule has 3 rings (SSSR count). The molecular formula is C19H22Br2N3O2+. The van der Waals surface area contributed by atoms with Gasteiger partial charge in [-0.1, -0.05) is 15.9 Å². The fourth-order valence-corrected chi connectivity index (χ4v) is 4.42. The van der Waals surface area contributed by atoms with Crippen LogP contribution in [0.25, 0.3) is 0 Å². The number of hydrogen-bond donors (Lipinski definition) is 2. The number of anilines is 2. The molecule has 0 aliphatic carbocycles. The molecule has 2 aromatic carbocycles. The van der Waals surface area contributed by atoms with Crippen LogP contribution in [0.2, 0.25) is 0 Å². The predicted molar refractivity (Wildman–Crippen MR) is 112 cm³/mol. The maximum atomic E-state index is 12.7. The third-order valence-corrected chi connectivity index (χ3v) is 5.61. The lowest BCUT2D eigenvalue weighted by atomic mass is 10.1. The van der Waals surface area contributed by atoms with Crippen LogP contribution in [0.3, 0.4) is 0 Å². The van der Waals surface area contributed by atoms with Gasteiger partial charge in [-0.25, -0.2) is 0 Å². The van der Waals surface area contributed by atoms with Gasteiger partial charge in [-0.2, -0.15) is 0 Å². The third-order valence-electron chi connectivity index (χ3n) is 4.56. The van der Waals surface area contributed by atoms with Crippen molar-refractivity contribution < 1.29 is 14.4 Å². The molecule has 1 heterocycles. The van der Waals surface area contributed by atoms with Crippen molar-refractivity contribution in [2.24, 2.45) is 0 Å². The number of nitrogens with one attached hydrogen (secondary N) is 2. The van der Waals surface area contributed by atoms with Crippen LogP contribution in [-0.2, 0) is 0 Å². The molecule has 2 N–H and O–H groups in total. The molecule has 0 spiro atoms. The molecule has 1 aliphatic heterocycles. The fraction of sp³-hybridized carbons (Fsp3) is 0.316. The van der Waals surface area contributed by atoms with Gasteiger partial charge < -0.3 is 19.9 Å². The first kappa shape index (κ1) is 19.2. The molecule has 1 fully saturated rings. The molecular weight excluding hydrogens is 462 g/mol. The summed E-state index contributed by atoms with van der Waals surface area (Å²) in [5, 5.41) is 2.94. The maximum Gasteiger partial charge on any atom is 0.259 e. The van der Waals surface area contributed by atoms with Crippen LogP contribution in [-0.4, -0.2) is 46.2 Å². The van der Waals surface area contributed by atoms with Gasteiger partial charge in [0.15, 0.2) is 0 Å². The Kier molecular flexibility index (Phi) is 6.21. The number of halogens is 2. The lowest BCUT2D eigenvalue weighted by molar-refractivity contribution is -0.880. The van der Waals surface area contributed by atoms with Gasteiger partial charge >= 0.3 is 0 Å². The number of carbonyl (C=O) groups excluding carboxylic acids is 1. The number of quaternary nitrogens is 1. The van der Waals surface area contributed by atoms with E-state index < -0.39 is 0 Å². The smallest absolute Gasteiger partial charge is 0.259 e. The highest BCUT2D eigenvalue weighted by Crippen LogP contribution is 2.33. The first-order valence-electron chi connectivity index (χ1n) is 8.48. The van der Waals surface area contributed by atoms with E-state index in [-0.39, 0.29) is 5.91 Å². The van der Waals surface area contributed by atoms with Crippen LogP contribution in [0.15, 0.2) is 45.3 Å². The predicted octanol–water partition coefficient (Wildman–Crippen LogP) is 2.81. The van der Waals surface area contributed by atoms with Gasteiger partial charge in [-0.3, -0.25) is 4.79 Å². The minimum atomic E-state index is -0.209. The van der Waals surface area contributed by atoms with Crippen molar-refractivity contribution in [3.63, 3.8) is 0 Å². The van der Waals surface area contributed by atoms with Crippen molar-refractivity contribution in [3.05, 3.63) is 50.9 Å². The zero-order valence-corrected chi connectivity index (χ0v) is 18.0. The highest BCUT2D eigenvalue weighted by Gasteiger charge is 2.18. The van der Waals surface area contributed by atoms with Crippen molar-refractivity contribution in [1.29, 1.82) is 0 Å². The molecule has 1 amide bonds. The Bertz CT molecular complexity index is 788. The Hall–Kier alpha value is -1.57. The molecule has 2 aromatic rings. The summed E-state index contributed by atoms with van der Waals surface area (Å²) in [7, 11) is 3.78. The number of carbonyl (C=O) groups is 1. The molecule has 0 bridgehead atoms. The monoisotopic (exact) mass is 482 g/mol. The molecule has 138 valence electrons. The maximum absolute atomic E-state index is 12.7. The van der Waals surface area contributed by atoms with E-state index >= 15 is 0 Å². The third kappa shape index (κ3) is 4.39. The summed E-state index contributed by atoms with van der Waals surface area (Å²) in [6, 6.07) is 11.6. The van der Waals surface area contributed by atoms with E-state index in [1.54, 1.807) is 18.1 Å². The first-order chi connectivity index (χ1) is 12.5. The second-order valence-electron chi connectivity index (χ2n) is 6.41. The molecule has 0 saturated carbocycles. The van der Waals surface area contributed by atoms with E-state index in [0.717, 1.165) is 40.8 Å². The van der Waals surface area contributed by atoms with E-state index in [0.29, 0.717) is 11.3 Å². The molecule has 0 radical (unpaired) electrons. The van der Waals surface area contributed by atoms with Crippen molar-refractivity contribution in [3.8, 4) is 5.75 Å². The van der Waals surface area contributed by atoms with E-state index in [1.807, 2.05) is 18.2 Å². The molecule has 1 aliphatic rings. The average Bonchev–Trinajstić information content (AvgIpc) is 2.62. The number of ether oxygens (including phenoxy) is 1. The minimum Gasteiger partial charge on any atom is -0.495 e. The van der Waals surface area contributed by atoms with Gasteiger partial charge in [0.2, 0.25) is 0 Å². The van der Waals surface area contributed by atoms with Gasteiger partial charge in [-0.15, -0.1) is 0 Å². The van der Waals surface area contributed by atoms with E-state index in [9.17, 15) is 4.79 Å². The Morgan fingerprint density at radius 1 is 1.15 bits per heavy atom. The van der Waals surface area contributed by atoms with E-state index in [2.05, 4.69) is 61.3 Å². The summed E-state index contributed by atoms with van der Waals surface area (Å²) in [6.07, 6.45) is 0. The number of methoxy groups -OCH3 is 1. The van der Waals surface area contributed by atoms with Gasteiger partial charge in [0.1, 0.15) is 5.75 Å². The van der Waals surface area contributed by atoms with Gasteiger partial charge in [0, 0.05) is 15.8 Å². The lowest BCUT2D eigenvalue weighted by Gasteiger charge is -2.31. The van der Waals surface area contributed by atoms with E-state index in [1.165, 1.54) is 5.69 Å². The lowest BCUT2D eigenvalue weighted by Crippen LogP contribution is -3.12. The fourth-order valence-electron chi connectivity index (χ4n) is 3.04. The Labute approximate surface area is 170 Å². The summed E-state index contributed by atoms with van der Waals surface area (Å²) in [5.74, 6) is 0.307. The molecule has 7 heteroatoms. The number of piperazine rings is 1. The molecule has 0 unspecified atom stereocenters. The normalized spacial score (nSPS) is 15.0. The summed E-state index contributed by atoms with van der Waals surface area (Å²) >= 11 is 6.84. The van der Waals surface area contributed by atoms with Crippen LogP contribution in [0.5, 0.6) is 5.75 Å². The highest BCUT2D eigenvalue weighted by atomic mass is 79.9. The summed E-state index contributed by atoms with van der Waals surface area (Å²) in [4.78, 5) is 16.6. The van der Waals surface area contributed by atoms with Crippen LogP contribution < -0.4 is 19.9 Å². The second-order valence-corrected chi connectivity index (χ2v) is 8.18. The largest absolute Gasteiger partial charge is 0.495 e. The average molecular weight is 484 g/mol. The van der Waals surface area contributed by atoms with Crippen LogP contribution >= 0.6 is 31.9 Å². The zero-order chi connectivity index (χ0) is 18.7. The Morgan fingerprint density at radius 3 is 2.42 bits per heavy atom. The van der Waals surface area contributed by atoms with Gasteiger partial charge in [0.25, 0.3) is 5.91 Å². The summed E-state index contributed by atoms with van der Waals surface area (Å²) in [5.41, 5.74) is 2.43. The van der Waals surface area contributed by atoms with Gasteiger partial charge in [-0.05, 0) is 52.3 Å². The summed E-state index contributed by atoms with van der Waals surface area (Å²) < 4.78 is 6.90. The highest BCUT2D eigenvalue weighted by molar-refractivity contribution is 9.11. The Balaban J connectivity index is 1.72. The molecule has 5 nitrogen and oxygen atoms in total. The van der Waals surface area contributed by atoms with Crippen molar-refractivity contribution >= 4 is 49.1 Å². The summed E-state index contributed by atoms with van der Waals surface area (Å²) in [6.45, 7) is 4.41. The van der Waals surface area contributed by atoms with Crippen molar-refractivity contribution in [2.75, 3.05) is 50.6 Å². The molecule has 1 saturated heterocycles. The number of benzene rings is 2. The van der Waals surface area contributed by atoms with Gasteiger partial charge in [0.05, 0.1) is 50.4 Å². The number of rotatable bonds is 4. The minimum absolute atomic E-state index is 0.209. The van der Waals surface area contributed by atoms with Crippen molar-refractivity contribution in [2.45, 2.75) is 0 Å². The van der Waals surface area contributed by atoms with Crippen LogP contribution in [0.1, 0.15) is 10.4 Å². The van der Waals surface area contributed by atoms with Crippen LogP contribution in [0, 0.1) is 0 Å². The topological polar surface area (TPSA) is 46.0 Å². The number of nitrogens with zero attached hydrogens (tertiary/aromatic N) is 1. The standard InChI is InChI=1S/C19H21Br2N3O2/c1-23-7-9-24(10-8-23)15-5-3-14(4-6-15)22-19(25)16-11-13(20)12-17(21)18(16)26-2/h3-6,11-12H,7-10H2,1-2H3,(H,22,25)/p+1. The van der Waals surface area contributed by atoms with Crippen molar-refractivity contribution in [1.82, 2.24) is 0 Å². The number of likely N-dealkylation sites (N-methyl/N-ethyl adjacent to an activating group) is 1. The van der Waals surface area contributed by atoms with E-state index in [4.69, 9.17) is 4.74 Å². The molecule has 0 atom stereocenters. The quantitative estimate of drug-likeness (QED) is 0.702. The molecule has 26 heavy (non-hydrogen) atoms. The zero-order valence-electron chi connectivity index (χ0n) is 14.8. The van der Waals surface area contributed by atoms with Crippen LogP contribution in [0.4, 0.5) is 11.4 Å². The molecule has 0 aromatic heterocycles. The Morgan fingerprint density at radius 2 is 1.81 bits per heavy atom. The number of hydrogen-bond acceptors (Lipinski definition) is 3. The SMILES string of the molecule is COc1c(Br)cc(Br)cc1C(=O)Nc1ccc(N2CC[NH+](C)CC2)cc1.